The molecule has 0 heterocycles. The smallest absolute Gasteiger partial charge is 0.120 e. The van der Waals surface area contributed by atoms with Gasteiger partial charge >= 0.3 is 0 Å². The molecule has 0 aliphatic heterocycles. The Kier molecular flexibility index (Phi) is 4.47. The number of nitrogens with one attached hydrogen (secondary N) is 1. The zero-order chi connectivity index (χ0) is 11.3. The third-order valence-corrected chi connectivity index (χ3v) is 2.61. The molecule has 0 spiro atoms. The van der Waals surface area contributed by atoms with Gasteiger partial charge in [-0.05, 0) is 31.9 Å². The second kappa shape index (κ2) is 5.64. The summed E-state index contributed by atoms with van der Waals surface area (Å²) in [5, 5.41) is 12.9. The summed E-state index contributed by atoms with van der Waals surface area (Å²) in [5.74, 6) is 0.364. The third kappa shape index (κ3) is 3.82. The number of benzene rings is 1. The van der Waals surface area contributed by atoms with Crippen LogP contribution in [0.25, 0.3) is 0 Å². The van der Waals surface area contributed by atoms with Crippen LogP contribution >= 0.6 is 0 Å². The molecule has 1 unspecified atom stereocenters. The molecule has 1 aromatic carbocycles. The van der Waals surface area contributed by atoms with Gasteiger partial charge in [-0.2, -0.15) is 0 Å². The molecule has 0 saturated carbocycles. The van der Waals surface area contributed by atoms with Gasteiger partial charge in [0.15, 0.2) is 0 Å². The standard InChI is InChI=1S/C13H21NO/c1-4-5-6-11(3)14-12-8-7-10(2)13(15)9-12/h7-9,11,14-15H,4-6H2,1-3H3. The third-order valence-electron chi connectivity index (χ3n) is 2.61. The van der Waals surface area contributed by atoms with Crippen molar-refractivity contribution in [1.29, 1.82) is 0 Å². The van der Waals surface area contributed by atoms with Gasteiger partial charge in [-0.1, -0.05) is 25.8 Å². The van der Waals surface area contributed by atoms with Crippen molar-refractivity contribution < 1.29 is 5.11 Å². The zero-order valence-electron chi connectivity index (χ0n) is 9.88. The normalized spacial score (nSPS) is 12.5. The molecule has 0 aromatic heterocycles. The Hall–Kier alpha value is -1.18. The first-order chi connectivity index (χ1) is 7.13. The maximum atomic E-state index is 9.55. The van der Waals surface area contributed by atoms with Crippen molar-refractivity contribution in [3.63, 3.8) is 0 Å². The minimum absolute atomic E-state index is 0.364. The highest BCUT2D eigenvalue weighted by Gasteiger charge is 2.02. The summed E-state index contributed by atoms with van der Waals surface area (Å²) in [6.07, 6.45) is 3.64. The molecular formula is C13H21NO. The summed E-state index contributed by atoms with van der Waals surface area (Å²) in [6.45, 7) is 6.27. The Bertz CT molecular complexity index is 309. The number of hydrogen-bond acceptors (Lipinski definition) is 2. The molecule has 2 nitrogen and oxygen atoms in total. The van der Waals surface area contributed by atoms with Crippen LogP contribution in [0.2, 0.25) is 0 Å². The fourth-order valence-electron chi connectivity index (χ4n) is 1.57. The van der Waals surface area contributed by atoms with Crippen LogP contribution in [0.15, 0.2) is 18.2 Å². The summed E-state index contributed by atoms with van der Waals surface area (Å²) < 4.78 is 0. The Balaban J connectivity index is 2.53. The molecule has 0 bridgehead atoms. The topological polar surface area (TPSA) is 32.3 Å². The lowest BCUT2D eigenvalue weighted by Gasteiger charge is -2.15. The van der Waals surface area contributed by atoms with Gasteiger partial charge in [0.05, 0.1) is 0 Å². The predicted molar refractivity (Wildman–Crippen MR) is 65.5 cm³/mol. The lowest BCUT2D eigenvalue weighted by molar-refractivity contribution is 0.471. The molecule has 0 aliphatic rings. The van der Waals surface area contributed by atoms with E-state index in [1.165, 1.54) is 19.3 Å². The van der Waals surface area contributed by atoms with Crippen LogP contribution in [-0.4, -0.2) is 11.1 Å². The Morgan fingerprint density at radius 2 is 2.13 bits per heavy atom. The summed E-state index contributed by atoms with van der Waals surface area (Å²) in [6, 6.07) is 6.20. The first-order valence-corrected chi connectivity index (χ1v) is 5.69. The summed E-state index contributed by atoms with van der Waals surface area (Å²) in [7, 11) is 0. The molecule has 2 heteroatoms. The molecule has 1 aromatic rings. The number of anilines is 1. The highest BCUT2D eigenvalue weighted by molar-refractivity contribution is 5.51. The summed E-state index contributed by atoms with van der Waals surface area (Å²) in [4.78, 5) is 0. The van der Waals surface area contributed by atoms with Crippen LogP contribution in [0.4, 0.5) is 5.69 Å². The minimum Gasteiger partial charge on any atom is -0.508 e. The number of aryl methyl sites for hydroxylation is 1. The van der Waals surface area contributed by atoms with Gasteiger partial charge in [0.1, 0.15) is 5.75 Å². The number of phenols is 1. The molecule has 0 fully saturated rings. The molecule has 1 rings (SSSR count). The lowest BCUT2D eigenvalue weighted by Crippen LogP contribution is -2.14. The molecule has 2 N–H and O–H groups in total. The Morgan fingerprint density at radius 3 is 2.73 bits per heavy atom. The zero-order valence-corrected chi connectivity index (χ0v) is 9.88. The second-order valence-corrected chi connectivity index (χ2v) is 4.19. The Morgan fingerprint density at radius 1 is 1.40 bits per heavy atom. The molecule has 0 aliphatic carbocycles. The van der Waals surface area contributed by atoms with E-state index in [9.17, 15) is 5.11 Å². The predicted octanol–water partition coefficient (Wildman–Crippen LogP) is 3.69. The molecule has 0 amide bonds. The quantitative estimate of drug-likeness (QED) is 0.771. The Labute approximate surface area is 92.3 Å². The van der Waals surface area contributed by atoms with E-state index in [0.717, 1.165) is 11.3 Å². The van der Waals surface area contributed by atoms with E-state index in [0.29, 0.717) is 11.8 Å². The molecule has 1 atom stereocenters. The van der Waals surface area contributed by atoms with Crippen molar-refractivity contribution >= 4 is 5.69 Å². The van der Waals surface area contributed by atoms with E-state index >= 15 is 0 Å². The fourth-order valence-corrected chi connectivity index (χ4v) is 1.57. The van der Waals surface area contributed by atoms with Gasteiger partial charge in [0.2, 0.25) is 0 Å². The first-order valence-electron chi connectivity index (χ1n) is 5.69. The molecule has 84 valence electrons. The van der Waals surface area contributed by atoms with Gasteiger partial charge < -0.3 is 10.4 Å². The van der Waals surface area contributed by atoms with Gasteiger partial charge in [-0.3, -0.25) is 0 Å². The molecule has 0 radical (unpaired) electrons. The highest BCUT2D eigenvalue weighted by Crippen LogP contribution is 2.21. The lowest BCUT2D eigenvalue weighted by atomic mass is 10.1. The van der Waals surface area contributed by atoms with Crippen LogP contribution < -0.4 is 5.32 Å². The van der Waals surface area contributed by atoms with Crippen LogP contribution in [0.1, 0.15) is 38.7 Å². The van der Waals surface area contributed by atoms with Crippen molar-refractivity contribution in [2.24, 2.45) is 0 Å². The minimum atomic E-state index is 0.364. The van der Waals surface area contributed by atoms with E-state index in [-0.39, 0.29) is 0 Å². The van der Waals surface area contributed by atoms with E-state index in [2.05, 4.69) is 19.2 Å². The van der Waals surface area contributed by atoms with Gasteiger partial charge in [-0.15, -0.1) is 0 Å². The van der Waals surface area contributed by atoms with Crippen molar-refractivity contribution in [3.05, 3.63) is 23.8 Å². The van der Waals surface area contributed by atoms with Crippen LogP contribution in [-0.2, 0) is 0 Å². The number of hydrogen-bond donors (Lipinski definition) is 2. The number of rotatable bonds is 5. The average molecular weight is 207 g/mol. The number of aromatic hydroxyl groups is 1. The number of unbranched alkanes of at least 4 members (excludes halogenated alkanes) is 1. The maximum absolute atomic E-state index is 9.55. The molecule has 15 heavy (non-hydrogen) atoms. The first kappa shape index (κ1) is 11.9. The van der Waals surface area contributed by atoms with Crippen molar-refractivity contribution in [2.45, 2.75) is 46.1 Å². The van der Waals surface area contributed by atoms with Gasteiger partial charge in [0, 0.05) is 17.8 Å². The SMILES string of the molecule is CCCCC(C)Nc1ccc(C)c(O)c1. The molecule has 0 saturated heterocycles. The van der Waals surface area contributed by atoms with Gasteiger partial charge in [-0.25, -0.2) is 0 Å². The molecular weight excluding hydrogens is 186 g/mol. The average Bonchev–Trinajstić information content (AvgIpc) is 2.20. The maximum Gasteiger partial charge on any atom is 0.120 e. The van der Waals surface area contributed by atoms with Crippen LogP contribution in [0.5, 0.6) is 5.75 Å². The van der Waals surface area contributed by atoms with Gasteiger partial charge in [0.25, 0.3) is 0 Å². The van der Waals surface area contributed by atoms with Crippen LogP contribution in [0, 0.1) is 6.92 Å². The number of phenolic OH excluding ortho intramolecular Hbond substituents is 1. The second-order valence-electron chi connectivity index (χ2n) is 4.19. The fraction of sp³-hybridized carbons (Fsp3) is 0.538. The van der Waals surface area contributed by atoms with Crippen molar-refractivity contribution in [2.75, 3.05) is 5.32 Å². The van der Waals surface area contributed by atoms with E-state index < -0.39 is 0 Å². The van der Waals surface area contributed by atoms with E-state index in [1.54, 1.807) is 6.07 Å². The van der Waals surface area contributed by atoms with E-state index in [4.69, 9.17) is 0 Å². The van der Waals surface area contributed by atoms with E-state index in [1.807, 2.05) is 19.1 Å². The monoisotopic (exact) mass is 207 g/mol. The highest BCUT2D eigenvalue weighted by atomic mass is 16.3. The summed E-state index contributed by atoms with van der Waals surface area (Å²) in [5.41, 5.74) is 1.92. The van der Waals surface area contributed by atoms with Crippen molar-refractivity contribution in [3.8, 4) is 5.75 Å². The largest absolute Gasteiger partial charge is 0.508 e. The summed E-state index contributed by atoms with van der Waals surface area (Å²) >= 11 is 0. The van der Waals surface area contributed by atoms with Crippen LogP contribution in [0.3, 0.4) is 0 Å². The van der Waals surface area contributed by atoms with Crippen molar-refractivity contribution in [1.82, 2.24) is 0 Å².